The fourth-order valence-electron chi connectivity index (χ4n) is 4.66. The Kier molecular flexibility index (Phi) is 9.64. The summed E-state index contributed by atoms with van der Waals surface area (Å²) in [6, 6.07) is 9.85. The predicted molar refractivity (Wildman–Crippen MR) is 164 cm³/mol. The molecule has 0 bridgehead atoms. The Morgan fingerprint density at radius 3 is 2.36 bits per heavy atom. The molecule has 4 aromatic rings. The second-order valence-electron chi connectivity index (χ2n) is 11.7. The number of carbonyl (C=O) groups excluding carboxylic acids is 2. The van der Waals surface area contributed by atoms with Gasteiger partial charge in [0.1, 0.15) is 11.6 Å². The monoisotopic (exact) mass is 622 g/mol. The molecular weight excluding hydrogens is 587 g/mol. The van der Waals surface area contributed by atoms with Crippen molar-refractivity contribution in [2.45, 2.75) is 73.7 Å². The molecule has 0 aliphatic rings. The molecule has 238 valence electrons. The van der Waals surface area contributed by atoms with Crippen LogP contribution >= 0.6 is 0 Å². The normalized spacial score (nSPS) is 11.5. The Labute approximate surface area is 257 Å². The molecule has 2 aromatic heterocycles. The van der Waals surface area contributed by atoms with Crippen LogP contribution in [0.15, 0.2) is 52.1 Å². The van der Waals surface area contributed by atoms with Crippen LogP contribution < -0.4 is 16.6 Å². The number of carbonyl (C=O) groups is 2. The van der Waals surface area contributed by atoms with Gasteiger partial charge in [0, 0.05) is 43.3 Å². The maximum absolute atomic E-state index is 14.8. The third-order valence-electron chi connectivity index (χ3n) is 7.07. The van der Waals surface area contributed by atoms with Crippen LogP contribution in [0, 0.1) is 21.3 Å². The second-order valence-corrected chi connectivity index (χ2v) is 11.7. The number of rotatable bonds is 11. The van der Waals surface area contributed by atoms with Gasteiger partial charge in [-0.3, -0.25) is 38.2 Å². The zero-order chi connectivity index (χ0) is 33.1. The quantitative estimate of drug-likeness (QED) is 0.147. The van der Waals surface area contributed by atoms with E-state index in [0.29, 0.717) is 24.4 Å². The summed E-state index contributed by atoms with van der Waals surface area (Å²) in [5.74, 6) is -1.26. The smallest absolute Gasteiger partial charge is 0.333 e. The molecule has 13 nitrogen and oxygen atoms in total. The topological polar surface area (TPSA) is 160 Å². The number of hydrogen-bond acceptors (Lipinski definition) is 8. The number of aryl methyl sites for hydroxylation is 1. The van der Waals surface area contributed by atoms with Gasteiger partial charge in [0.2, 0.25) is 5.91 Å². The van der Waals surface area contributed by atoms with Gasteiger partial charge in [0.05, 0.1) is 16.9 Å². The third-order valence-corrected chi connectivity index (χ3v) is 7.07. The molecule has 0 saturated heterocycles. The van der Waals surface area contributed by atoms with Crippen LogP contribution in [0.3, 0.4) is 0 Å². The van der Waals surface area contributed by atoms with Gasteiger partial charge in [-0.2, -0.15) is 0 Å². The van der Waals surface area contributed by atoms with Gasteiger partial charge in [-0.15, -0.1) is 0 Å². The van der Waals surface area contributed by atoms with Crippen LogP contribution in [0.4, 0.5) is 15.8 Å². The van der Waals surface area contributed by atoms with E-state index in [9.17, 15) is 33.7 Å². The first-order valence-electron chi connectivity index (χ1n) is 14.4. The molecule has 0 fully saturated rings. The number of fused-ring (bicyclic) bond motifs is 1. The van der Waals surface area contributed by atoms with Crippen LogP contribution in [0.25, 0.3) is 11.2 Å². The molecule has 45 heavy (non-hydrogen) atoms. The van der Waals surface area contributed by atoms with Gasteiger partial charge in [-0.25, -0.2) is 14.2 Å². The SMILES string of the molecule is CCCCn1c(=O)n(Cc2cc([N+](=O)[O-])ccc2F)c(=O)c2c1nc(Cc1ccc(NC(C)=O)cc1)n2COC(=O)C(C)(C)C. The van der Waals surface area contributed by atoms with E-state index in [2.05, 4.69) is 10.3 Å². The molecule has 4 rings (SSSR count). The number of non-ortho nitro benzene ring substituents is 1. The van der Waals surface area contributed by atoms with Gasteiger partial charge in [-0.05, 0) is 51.0 Å². The van der Waals surface area contributed by atoms with Gasteiger partial charge >= 0.3 is 11.7 Å². The number of aromatic nitrogens is 4. The van der Waals surface area contributed by atoms with Crippen molar-refractivity contribution in [3.05, 3.63) is 96.2 Å². The van der Waals surface area contributed by atoms with E-state index in [1.54, 1.807) is 45.0 Å². The number of nitrogens with one attached hydrogen (secondary N) is 1. The minimum absolute atomic E-state index is 0.0388. The molecule has 0 aliphatic heterocycles. The zero-order valence-corrected chi connectivity index (χ0v) is 25.8. The number of ether oxygens (including phenoxy) is 1. The lowest BCUT2D eigenvalue weighted by molar-refractivity contribution is -0.385. The van der Waals surface area contributed by atoms with Gasteiger partial charge in [-0.1, -0.05) is 25.5 Å². The fraction of sp³-hybridized carbons (Fsp3) is 0.387. The fourth-order valence-corrected chi connectivity index (χ4v) is 4.66. The molecule has 0 atom stereocenters. The number of nitro benzene ring substituents is 1. The van der Waals surface area contributed by atoms with Crippen molar-refractivity contribution in [1.29, 1.82) is 0 Å². The van der Waals surface area contributed by atoms with E-state index < -0.39 is 52.3 Å². The van der Waals surface area contributed by atoms with Crippen LogP contribution in [0.2, 0.25) is 0 Å². The number of benzene rings is 2. The molecular formula is C31H35FN6O7. The Morgan fingerprint density at radius 1 is 1.07 bits per heavy atom. The molecule has 0 radical (unpaired) electrons. The third kappa shape index (κ3) is 7.33. The summed E-state index contributed by atoms with van der Waals surface area (Å²) in [5, 5.41) is 14.0. The number of nitro groups is 1. The van der Waals surface area contributed by atoms with Crippen molar-refractivity contribution < 1.29 is 23.6 Å². The number of anilines is 1. The molecule has 1 amide bonds. The van der Waals surface area contributed by atoms with E-state index in [1.807, 2.05) is 6.92 Å². The highest BCUT2D eigenvalue weighted by atomic mass is 19.1. The highest BCUT2D eigenvalue weighted by Gasteiger charge is 2.27. The molecule has 0 spiro atoms. The van der Waals surface area contributed by atoms with Gasteiger partial charge < -0.3 is 10.1 Å². The summed E-state index contributed by atoms with van der Waals surface area (Å²) < 4.78 is 23.9. The van der Waals surface area contributed by atoms with E-state index >= 15 is 0 Å². The highest BCUT2D eigenvalue weighted by molar-refractivity contribution is 5.88. The average molecular weight is 623 g/mol. The van der Waals surface area contributed by atoms with E-state index in [0.717, 1.165) is 28.3 Å². The molecule has 0 aliphatic carbocycles. The first-order valence-corrected chi connectivity index (χ1v) is 14.4. The first kappa shape index (κ1) is 32.8. The number of imidazole rings is 1. The van der Waals surface area contributed by atoms with Crippen molar-refractivity contribution in [2.75, 3.05) is 5.32 Å². The van der Waals surface area contributed by atoms with Crippen LogP contribution in [-0.2, 0) is 40.6 Å². The summed E-state index contributed by atoms with van der Waals surface area (Å²) in [6.45, 7) is 7.60. The number of esters is 1. The summed E-state index contributed by atoms with van der Waals surface area (Å²) >= 11 is 0. The summed E-state index contributed by atoms with van der Waals surface area (Å²) in [4.78, 5) is 67.3. The lowest BCUT2D eigenvalue weighted by atomic mass is 9.98. The number of nitrogens with zero attached hydrogens (tertiary/aromatic N) is 5. The maximum Gasteiger partial charge on any atom is 0.333 e. The van der Waals surface area contributed by atoms with Gasteiger partial charge in [0.15, 0.2) is 17.9 Å². The number of hydrogen-bond donors (Lipinski definition) is 1. The number of halogens is 1. The summed E-state index contributed by atoms with van der Waals surface area (Å²) in [7, 11) is 0. The Balaban J connectivity index is 1.92. The molecule has 2 aromatic carbocycles. The predicted octanol–water partition coefficient (Wildman–Crippen LogP) is 4.35. The summed E-state index contributed by atoms with van der Waals surface area (Å²) in [6.07, 6.45) is 1.44. The van der Waals surface area contributed by atoms with Gasteiger partial charge in [0.25, 0.3) is 11.2 Å². The summed E-state index contributed by atoms with van der Waals surface area (Å²) in [5.41, 5.74) is -1.65. The zero-order valence-electron chi connectivity index (χ0n) is 25.8. The molecule has 2 heterocycles. The lowest BCUT2D eigenvalue weighted by Gasteiger charge is -2.18. The molecule has 0 unspecified atom stereocenters. The Morgan fingerprint density at radius 2 is 1.76 bits per heavy atom. The highest BCUT2D eigenvalue weighted by Crippen LogP contribution is 2.22. The number of amides is 1. The largest absolute Gasteiger partial charge is 0.443 e. The first-order chi connectivity index (χ1) is 21.2. The standard InChI is InChI=1S/C31H35FN6O7/c1-6-7-14-35-27-26(28(40)36(30(35)42)17-21-16-23(38(43)44)12-13-24(21)32)37(18-45-29(41)31(3,4)5)25(34-27)15-20-8-10-22(11-9-20)33-19(2)39/h8-13,16H,6-7,14-15,17-18H2,1-5H3,(H,33,39). The molecule has 14 heteroatoms. The van der Waals surface area contributed by atoms with E-state index in [4.69, 9.17) is 4.74 Å². The molecule has 1 N–H and O–H groups in total. The van der Waals surface area contributed by atoms with E-state index in [1.165, 1.54) is 16.1 Å². The Bertz CT molecular complexity index is 1880. The van der Waals surface area contributed by atoms with Crippen molar-refractivity contribution in [3.8, 4) is 0 Å². The van der Waals surface area contributed by atoms with E-state index in [-0.39, 0.29) is 35.6 Å². The van der Waals surface area contributed by atoms with Crippen LogP contribution in [0.5, 0.6) is 0 Å². The number of unbranched alkanes of at least 4 members (excludes halogenated alkanes) is 1. The van der Waals surface area contributed by atoms with Crippen molar-refractivity contribution in [2.24, 2.45) is 5.41 Å². The van der Waals surface area contributed by atoms with Crippen LogP contribution in [-0.4, -0.2) is 35.5 Å². The lowest BCUT2D eigenvalue weighted by Crippen LogP contribution is -2.41. The average Bonchev–Trinajstić information content (AvgIpc) is 3.32. The van der Waals surface area contributed by atoms with Crippen molar-refractivity contribution >= 4 is 34.4 Å². The second kappa shape index (κ2) is 13.2. The van der Waals surface area contributed by atoms with Crippen molar-refractivity contribution in [3.63, 3.8) is 0 Å². The molecule has 0 saturated carbocycles. The maximum atomic E-state index is 14.8. The minimum Gasteiger partial charge on any atom is -0.443 e. The van der Waals surface area contributed by atoms with Crippen molar-refractivity contribution in [1.82, 2.24) is 18.7 Å². The minimum atomic E-state index is -0.848. The van der Waals surface area contributed by atoms with Crippen LogP contribution in [0.1, 0.15) is 64.4 Å². The Hall–Kier alpha value is -5.14.